The van der Waals surface area contributed by atoms with Crippen LogP contribution in [-0.2, 0) is 14.4 Å². The Hall–Kier alpha value is -1.69. The normalized spacial score (nSPS) is 16.9. The third-order valence-corrected chi connectivity index (χ3v) is 2.28. The molecule has 0 fully saturated rings. The van der Waals surface area contributed by atoms with Crippen LogP contribution in [0.3, 0.4) is 0 Å². The van der Waals surface area contributed by atoms with E-state index >= 15 is 0 Å². The molecule has 1 aliphatic rings. The third kappa shape index (κ3) is 2.66. The van der Waals surface area contributed by atoms with Crippen molar-refractivity contribution in [2.45, 2.75) is 19.4 Å². The zero-order valence-corrected chi connectivity index (χ0v) is 8.97. The summed E-state index contributed by atoms with van der Waals surface area (Å²) in [6.45, 7) is 3.06. The van der Waals surface area contributed by atoms with E-state index in [1.165, 1.54) is 0 Å². The van der Waals surface area contributed by atoms with Crippen LogP contribution in [0.5, 0.6) is 0 Å². The van der Waals surface area contributed by atoms with Gasteiger partial charge >= 0.3 is 5.97 Å². The van der Waals surface area contributed by atoms with E-state index in [9.17, 15) is 14.4 Å². The van der Waals surface area contributed by atoms with E-state index in [1.54, 1.807) is 0 Å². The zero-order valence-electron chi connectivity index (χ0n) is 8.97. The van der Waals surface area contributed by atoms with Gasteiger partial charge in [0.25, 0.3) is 11.8 Å². The molecule has 0 aromatic carbocycles. The highest BCUT2D eigenvalue weighted by atomic mass is 16.4. The lowest BCUT2D eigenvalue weighted by atomic mass is 10.2. The molecule has 0 spiro atoms. The first-order valence-electron chi connectivity index (χ1n) is 5.06. The summed E-state index contributed by atoms with van der Waals surface area (Å²) in [6, 6.07) is -1.09. The highest BCUT2D eigenvalue weighted by Gasteiger charge is 2.35. The van der Waals surface area contributed by atoms with Gasteiger partial charge in [-0.2, -0.15) is 0 Å². The Morgan fingerprint density at radius 3 is 2.44 bits per heavy atom. The lowest BCUT2D eigenvalue weighted by molar-refractivity contribution is -0.153. The van der Waals surface area contributed by atoms with Gasteiger partial charge in [0.15, 0.2) is 0 Å². The lowest BCUT2D eigenvalue weighted by Gasteiger charge is -2.22. The molecule has 1 atom stereocenters. The van der Waals surface area contributed by atoms with Crippen molar-refractivity contribution in [3.63, 3.8) is 0 Å². The number of carbonyl (C=O) groups excluding carboxylic acids is 2. The van der Waals surface area contributed by atoms with Crippen LogP contribution in [0.25, 0.3) is 0 Å². The summed E-state index contributed by atoms with van der Waals surface area (Å²) in [4.78, 5) is 34.3. The Kier molecular flexibility index (Phi) is 4.19. The van der Waals surface area contributed by atoms with E-state index in [1.807, 2.05) is 6.92 Å². The van der Waals surface area contributed by atoms with Crippen molar-refractivity contribution in [2.24, 2.45) is 0 Å². The van der Waals surface area contributed by atoms with Gasteiger partial charge in [0, 0.05) is 12.2 Å². The van der Waals surface area contributed by atoms with Gasteiger partial charge in [0.1, 0.15) is 6.04 Å². The second-order valence-electron chi connectivity index (χ2n) is 3.38. The monoisotopic (exact) mass is 226 g/mol. The number of nitrogens with zero attached hydrogens (tertiary/aromatic N) is 1. The molecule has 16 heavy (non-hydrogen) atoms. The van der Waals surface area contributed by atoms with Crippen LogP contribution < -0.4 is 5.32 Å². The number of rotatable bonds is 6. The smallest absolute Gasteiger partial charge is 0.326 e. The van der Waals surface area contributed by atoms with Crippen LogP contribution in [0.4, 0.5) is 0 Å². The molecule has 0 aliphatic carbocycles. The maximum atomic E-state index is 11.3. The highest BCUT2D eigenvalue weighted by molar-refractivity contribution is 6.14. The molecule has 2 N–H and O–H groups in total. The number of hydrogen-bond donors (Lipinski definition) is 2. The molecule has 1 aliphatic heterocycles. The molecule has 0 saturated heterocycles. The van der Waals surface area contributed by atoms with Crippen molar-refractivity contribution in [3.05, 3.63) is 12.2 Å². The Balaban J connectivity index is 2.67. The van der Waals surface area contributed by atoms with Gasteiger partial charge < -0.3 is 10.4 Å². The zero-order chi connectivity index (χ0) is 12.1. The van der Waals surface area contributed by atoms with E-state index in [4.69, 9.17) is 5.11 Å². The average Bonchev–Trinajstić information content (AvgIpc) is 2.54. The van der Waals surface area contributed by atoms with Gasteiger partial charge in [0.05, 0.1) is 0 Å². The molecule has 1 unspecified atom stereocenters. The van der Waals surface area contributed by atoms with Gasteiger partial charge in [-0.25, -0.2) is 4.79 Å². The second kappa shape index (κ2) is 5.41. The van der Waals surface area contributed by atoms with Crippen molar-refractivity contribution in [1.29, 1.82) is 0 Å². The van der Waals surface area contributed by atoms with Crippen LogP contribution in [0, 0.1) is 0 Å². The minimum absolute atomic E-state index is 0.211. The summed E-state index contributed by atoms with van der Waals surface area (Å²) in [5, 5.41) is 11.9. The number of carboxylic acids is 1. The van der Waals surface area contributed by atoms with E-state index in [-0.39, 0.29) is 6.42 Å². The summed E-state index contributed by atoms with van der Waals surface area (Å²) in [5.41, 5.74) is 0. The van der Waals surface area contributed by atoms with Crippen molar-refractivity contribution < 1.29 is 19.5 Å². The molecule has 0 aromatic heterocycles. The van der Waals surface area contributed by atoms with Gasteiger partial charge in [-0.1, -0.05) is 6.92 Å². The Morgan fingerprint density at radius 1 is 1.44 bits per heavy atom. The number of imide groups is 1. The van der Waals surface area contributed by atoms with Crippen LogP contribution in [-0.4, -0.2) is 46.9 Å². The number of nitrogens with one attached hydrogen (secondary N) is 1. The molecule has 1 rings (SSSR count). The SMILES string of the molecule is CCNCCC(C(=O)O)N1C(=O)C=CC1=O. The van der Waals surface area contributed by atoms with Gasteiger partial charge in [-0.05, 0) is 19.5 Å². The maximum Gasteiger partial charge on any atom is 0.326 e. The molecule has 88 valence electrons. The van der Waals surface area contributed by atoms with Crippen LogP contribution in [0.2, 0.25) is 0 Å². The van der Waals surface area contributed by atoms with Crippen molar-refractivity contribution in [1.82, 2.24) is 10.2 Å². The second-order valence-corrected chi connectivity index (χ2v) is 3.38. The summed E-state index contributed by atoms with van der Waals surface area (Å²) in [7, 11) is 0. The predicted molar refractivity (Wildman–Crippen MR) is 55.6 cm³/mol. The molecular weight excluding hydrogens is 212 g/mol. The Bertz CT molecular complexity index is 320. The summed E-state index contributed by atoms with van der Waals surface area (Å²) < 4.78 is 0. The minimum atomic E-state index is -1.16. The molecule has 0 bridgehead atoms. The summed E-state index contributed by atoms with van der Waals surface area (Å²) in [5.74, 6) is -2.29. The first-order chi connectivity index (χ1) is 7.57. The van der Waals surface area contributed by atoms with E-state index in [0.29, 0.717) is 13.1 Å². The van der Waals surface area contributed by atoms with E-state index in [2.05, 4.69) is 5.32 Å². The summed E-state index contributed by atoms with van der Waals surface area (Å²) in [6.07, 6.45) is 2.39. The lowest BCUT2D eigenvalue weighted by Crippen LogP contribution is -2.46. The maximum absolute atomic E-state index is 11.3. The van der Waals surface area contributed by atoms with Gasteiger partial charge in [-0.15, -0.1) is 0 Å². The van der Waals surface area contributed by atoms with Crippen LogP contribution in [0.1, 0.15) is 13.3 Å². The number of carboxylic acid groups (broad SMARTS) is 1. The number of carbonyl (C=O) groups is 3. The summed E-state index contributed by atoms with van der Waals surface area (Å²) >= 11 is 0. The van der Waals surface area contributed by atoms with Crippen LogP contribution >= 0.6 is 0 Å². The van der Waals surface area contributed by atoms with E-state index < -0.39 is 23.8 Å². The molecule has 2 amide bonds. The number of aliphatic carboxylic acids is 1. The predicted octanol–water partition coefficient (Wildman–Crippen LogP) is -0.636. The fourth-order valence-electron chi connectivity index (χ4n) is 1.50. The molecule has 0 saturated carbocycles. The van der Waals surface area contributed by atoms with Crippen molar-refractivity contribution >= 4 is 17.8 Å². The first kappa shape index (κ1) is 12.4. The molecule has 1 heterocycles. The van der Waals surface area contributed by atoms with Gasteiger partial charge in [-0.3, -0.25) is 14.5 Å². The average molecular weight is 226 g/mol. The fourth-order valence-corrected chi connectivity index (χ4v) is 1.50. The quantitative estimate of drug-likeness (QED) is 0.465. The van der Waals surface area contributed by atoms with Crippen molar-refractivity contribution in [3.8, 4) is 0 Å². The third-order valence-electron chi connectivity index (χ3n) is 2.28. The molecule has 6 nitrogen and oxygen atoms in total. The largest absolute Gasteiger partial charge is 0.480 e. The number of amides is 2. The molecule has 6 heteroatoms. The Morgan fingerprint density at radius 2 is 2.00 bits per heavy atom. The van der Waals surface area contributed by atoms with Crippen LogP contribution in [0.15, 0.2) is 12.2 Å². The first-order valence-corrected chi connectivity index (χ1v) is 5.06. The standard InChI is InChI=1S/C10H14N2O4/c1-2-11-6-5-7(10(15)16)12-8(13)3-4-9(12)14/h3-4,7,11H,2,5-6H2,1H3,(H,15,16). The van der Waals surface area contributed by atoms with Crippen molar-refractivity contribution in [2.75, 3.05) is 13.1 Å². The van der Waals surface area contributed by atoms with Gasteiger partial charge in [0.2, 0.25) is 0 Å². The minimum Gasteiger partial charge on any atom is -0.480 e. The highest BCUT2D eigenvalue weighted by Crippen LogP contribution is 2.12. The number of hydrogen-bond acceptors (Lipinski definition) is 4. The molecule has 0 radical (unpaired) electrons. The topological polar surface area (TPSA) is 86.7 Å². The molecular formula is C10H14N2O4. The fraction of sp³-hybridized carbons (Fsp3) is 0.500. The van der Waals surface area contributed by atoms with E-state index in [0.717, 1.165) is 17.1 Å². The molecule has 0 aromatic rings. The Labute approximate surface area is 92.9 Å².